The summed E-state index contributed by atoms with van der Waals surface area (Å²) < 4.78 is 0. The fourth-order valence-electron chi connectivity index (χ4n) is 2.29. The number of hydrogen-bond donors (Lipinski definition) is 0. The van der Waals surface area contributed by atoms with Crippen molar-refractivity contribution < 1.29 is 4.79 Å². The van der Waals surface area contributed by atoms with Gasteiger partial charge in [-0.05, 0) is 36.5 Å². The van der Waals surface area contributed by atoms with Gasteiger partial charge in [-0.3, -0.25) is 4.79 Å². The number of nitrogens with zero attached hydrogens (tertiary/aromatic N) is 1. The third kappa shape index (κ3) is 1.97. The lowest BCUT2D eigenvalue weighted by molar-refractivity contribution is 0.0787. The Morgan fingerprint density at radius 1 is 1.38 bits per heavy atom. The van der Waals surface area contributed by atoms with Gasteiger partial charge in [0.2, 0.25) is 0 Å². The summed E-state index contributed by atoms with van der Waals surface area (Å²) in [5, 5.41) is 0. The minimum absolute atomic E-state index is 0.189. The zero-order valence-corrected chi connectivity index (χ0v) is 10.3. The summed E-state index contributed by atoms with van der Waals surface area (Å²) in [7, 11) is 0. The second-order valence-electron chi connectivity index (χ2n) is 4.91. The van der Waals surface area contributed by atoms with Gasteiger partial charge >= 0.3 is 0 Å². The molecule has 1 heterocycles. The average Bonchev–Trinajstić information content (AvgIpc) is 2.54. The van der Waals surface area contributed by atoms with Crippen LogP contribution < -0.4 is 0 Å². The van der Waals surface area contributed by atoms with Crippen molar-refractivity contribution in [3.63, 3.8) is 0 Å². The standard InChI is InChI=1S/C14H19NO/c1-4-15-9-12-8-11(7-10(2)3)5-6-13(12)14(15)16/h5-6,8,10H,4,7,9H2,1-3H3. The van der Waals surface area contributed by atoms with E-state index in [2.05, 4.69) is 26.0 Å². The number of hydrogen-bond acceptors (Lipinski definition) is 1. The zero-order chi connectivity index (χ0) is 11.7. The molecule has 0 N–H and O–H groups in total. The highest BCUT2D eigenvalue weighted by Gasteiger charge is 2.25. The van der Waals surface area contributed by atoms with Gasteiger partial charge in [-0.1, -0.05) is 26.0 Å². The fourth-order valence-corrected chi connectivity index (χ4v) is 2.29. The smallest absolute Gasteiger partial charge is 0.254 e. The Hall–Kier alpha value is -1.31. The molecule has 2 nitrogen and oxygen atoms in total. The SMILES string of the molecule is CCN1Cc2cc(CC(C)C)ccc2C1=O. The van der Waals surface area contributed by atoms with Crippen LogP contribution >= 0.6 is 0 Å². The Bertz CT molecular complexity index is 409. The highest BCUT2D eigenvalue weighted by Crippen LogP contribution is 2.24. The molecule has 2 rings (SSSR count). The molecule has 1 aliphatic heterocycles. The van der Waals surface area contributed by atoms with Crippen molar-refractivity contribution in [2.45, 2.75) is 33.7 Å². The van der Waals surface area contributed by atoms with E-state index in [1.54, 1.807) is 0 Å². The van der Waals surface area contributed by atoms with Gasteiger partial charge in [-0.2, -0.15) is 0 Å². The van der Waals surface area contributed by atoms with E-state index in [9.17, 15) is 4.79 Å². The normalized spacial score (nSPS) is 14.8. The molecular formula is C14H19NO. The maximum atomic E-state index is 11.9. The third-order valence-electron chi connectivity index (χ3n) is 3.07. The van der Waals surface area contributed by atoms with E-state index in [4.69, 9.17) is 0 Å². The van der Waals surface area contributed by atoms with E-state index in [1.165, 1.54) is 11.1 Å². The van der Waals surface area contributed by atoms with Crippen LogP contribution in [-0.4, -0.2) is 17.4 Å². The molecule has 0 aromatic heterocycles. The van der Waals surface area contributed by atoms with Crippen molar-refractivity contribution in [3.8, 4) is 0 Å². The first-order valence-corrected chi connectivity index (χ1v) is 6.03. The molecule has 0 saturated heterocycles. The second kappa shape index (κ2) is 4.28. The lowest BCUT2D eigenvalue weighted by Crippen LogP contribution is -2.22. The maximum absolute atomic E-state index is 11.9. The summed E-state index contributed by atoms with van der Waals surface area (Å²) in [5.41, 5.74) is 3.44. The highest BCUT2D eigenvalue weighted by molar-refractivity contribution is 5.98. The Labute approximate surface area is 97.3 Å². The molecule has 1 aliphatic rings. The Balaban J connectivity index is 2.26. The van der Waals surface area contributed by atoms with E-state index >= 15 is 0 Å². The van der Waals surface area contributed by atoms with Crippen LogP contribution in [-0.2, 0) is 13.0 Å². The quantitative estimate of drug-likeness (QED) is 0.762. The molecule has 16 heavy (non-hydrogen) atoms. The number of carbonyl (C=O) groups is 1. The van der Waals surface area contributed by atoms with Crippen molar-refractivity contribution in [2.75, 3.05) is 6.54 Å². The molecule has 0 radical (unpaired) electrons. The summed E-state index contributed by atoms with van der Waals surface area (Å²) in [4.78, 5) is 13.8. The molecule has 1 amide bonds. The molecule has 0 fully saturated rings. The zero-order valence-electron chi connectivity index (χ0n) is 10.3. The maximum Gasteiger partial charge on any atom is 0.254 e. The Morgan fingerprint density at radius 3 is 2.75 bits per heavy atom. The topological polar surface area (TPSA) is 20.3 Å². The summed E-state index contributed by atoms with van der Waals surface area (Å²) in [6.07, 6.45) is 1.09. The first kappa shape index (κ1) is 11.2. The van der Waals surface area contributed by atoms with E-state index < -0.39 is 0 Å². The molecule has 0 spiro atoms. The number of rotatable bonds is 3. The summed E-state index contributed by atoms with van der Waals surface area (Å²) in [6, 6.07) is 6.28. The van der Waals surface area contributed by atoms with Crippen LogP contribution in [0.3, 0.4) is 0 Å². The Kier molecular flexibility index (Phi) is 2.99. The molecule has 1 aromatic carbocycles. The monoisotopic (exact) mass is 217 g/mol. The van der Waals surface area contributed by atoms with Gasteiger partial charge in [0.15, 0.2) is 0 Å². The second-order valence-corrected chi connectivity index (χ2v) is 4.91. The molecule has 0 unspecified atom stereocenters. The van der Waals surface area contributed by atoms with Crippen LogP contribution in [0.5, 0.6) is 0 Å². The van der Waals surface area contributed by atoms with Crippen LogP contribution in [0.25, 0.3) is 0 Å². The van der Waals surface area contributed by atoms with E-state index in [0.717, 1.165) is 25.1 Å². The van der Waals surface area contributed by atoms with Crippen LogP contribution in [0.2, 0.25) is 0 Å². The fraction of sp³-hybridized carbons (Fsp3) is 0.500. The van der Waals surface area contributed by atoms with Crippen molar-refractivity contribution >= 4 is 5.91 Å². The minimum Gasteiger partial charge on any atom is -0.335 e. The van der Waals surface area contributed by atoms with Crippen LogP contribution in [0.1, 0.15) is 42.3 Å². The first-order valence-electron chi connectivity index (χ1n) is 6.03. The number of amides is 1. The molecular weight excluding hydrogens is 198 g/mol. The van der Waals surface area contributed by atoms with Gasteiger partial charge < -0.3 is 4.90 Å². The predicted octanol–water partition coefficient (Wildman–Crippen LogP) is 2.86. The van der Waals surface area contributed by atoms with Crippen molar-refractivity contribution in [2.24, 2.45) is 5.92 Å². The van der Waals surface area contributed by atoms with Crippen molar-refractivity contribution in [1.29, 1.82) is 0 Å². The first-order chi connectivity index (χ1) is 7.61. The summed E-state index contributed by atoms with van der Waals surface area (Å²) >= 11 is 0. The van der Waals surface area contributed by atoms with Crippen LogP contribution in [0.15, 0.2) is 18.2 Å². The number of benzene rings is 1. The number of fused-ring (bicyclic) bond motifs is 1. The Morgan fingerprint density at radius 2 is 2.12 bits per heavy atom. The minimum atomic E-state index is 0.189. The summed E-state index contributed by atoms with van der Waals surface area (Å²) in [6.45, 7) is 8.05. The van der Waals surface area contributed by atoms with Gasteiger partial charge in [-0.15, -0.1) is 0 Å². The molecule has 2 heteroatoms. The lowest BCUT2D eigenvalue weighted by Gasteiger charge is -2.10. The van der Waals surface area contributed by atoms with Crippen molar-refractivity contribution in [1.82, 2.24) is 4.90 Å². The molecule has 0 bridgehead atoms. The molecule has 0 saturated carbocycles. The lowest BCUT2D eigenvalue weighted by atomic mass is 9.99. The van der Waals surface area contributed by atoms with Gasteiger partial charge in [0, 0.05) is 18.7 Å². The number of carbonyl (C=O) groups excluding carboxylic acids is 1. The molecule has 86 valence electrons. The third-order valence-corrected chi connectivity index (χ3v) is 3.07. The highest BCUT2D eigenvalue weighted by atomic mass is 16.2. The molecule has 0 aliphatic carbocycles. The van der Waals surface area contributed by atoms with E-state index in [-0.39, 0.29) is 5.91 Å². The van der Waals surface area contributed by atoms with Crippen LogP contribution in [0, 0.1) is 5.92 Å². The van der Waals surface area contributed by atoms with Crippen LogP contribution in [0.4, 0.5) is 0 Å². The largest absolute Gasteiger partial charge is 0.335 e. The van der Waals surface area contributed by atoms with E-state index in [0.29, 0.717) is 5.92 Å². The average molecular weight is 217 g/mol. The van der Waals surface area contributed by atoms with E-state index in [1.807, 2.05) is 17.9 Å². The van der Waals surface area contributed by atoms with Gasteiger partial charge in [0.1, 0.15) is 0 Å². The van der Waals surface area contributed by atoms with Gasteiger partial charge in [-0.25, -0.2) is 0 Å². The molecule has 0 atom stereocenters. The van der Waals surface area contributed by atoms with Gasteiger partial charge in [0.25, 0.3) is 5.91 Å². The van der Waals surface area contributed by atoms with Gasteiger partial charge in [0.05, 0.1) is 0 Å². The predicted molar refractivity (Wildman–Crippen MR) is 65.4 cm³/mol. The van der Waals surface area contributed by atoms with Crippen molar-refractivity contribution in [3.05, 3.63) is 34.9 Å². The molecule has 1 aromatic rings. The summed E-state index contributed by atoms with van der Waals surface area (Å²) in [5.74, 6) is 0.853.